The molecular weight excluding hydrogens is 230 g/mol. The van der Waals surface area contributed by atoms with Gasteiger partial charge in [0.05, 0.1) is 7.11 Å². The Balaban J connectivity index is 2.20. The molecule has 0 aliphatic carbocycles. The van der Waals surface area contributed by atoms with Crippen LogP contribution >= 0.6 is 0 Å². The van der Waals surface area contributed by atoms with Crippen LogP contribution in [0.25, 0.3) is 5.57 Å². The maximum atomic E-state index is 5.44. The van der Waals surface area contributed by atoms with E-state index in [1.54, 1.807) is 14.2 Å². The predicted octanol–water partition coefficient (Wildman–Crippen LogP) is 2.05. The molecule has 0 radical (unpaired) electrons. The van der Waals surface area contributed by atoms with Crippen molar-refractivity contribution in [2.45, 2.75) is 6.42 Å². The summed E-state index contributed by atoms with van der Waals surface area (Å²) in [5.74, 6) is 1.45. The zero-order valence-electron chi connectivity index (χ0n) is 10.9. The van der Waals surface area contributed by atoms with Crippen molar-refractivity contribution in [3.63, 3.8) is 0 Å². The number of hydrogen-bond acceptors (Lipinski definition) is 4. The molecule has 4 nitrogen and oxygen atoms in total. The summed E-state index contributed by atoms with van der Waals surface area (Å²) >= 11 is 0. The highest BCUT2D eigenvalue weighted by atomic mass is 16.7. The van der Waals surface area contributed by atoms with Crippen LogP contribution in [0.4, 0.5) is 0 Å². The molecule has 98 valence electrons. The Morgan fingerprint density at radius 2 is 2.11 bits per heavy atom. The second-order valence-corrected chi connectivity index (χ2v) is 4.10. The number of nitrogens with one attached hydrogen (secondary N) is 1. The van der Waals surface area contributed by atoms with Crippen LogP contribution in [0, 0.1) is 0 Å². The van der Waals surface area contributed by atoms with Gasteiger partial charge in [-0.05, 0) is 36.2 Å². The maximum Gasteiger partial charge on any atom is 0.188 e. The molecular formula is C14H19NO3. The smallest absolute Gasteiger partial charge is 0.188 e. The van der Waals surface area contributed by atoms with Gasteiger partial charge in [-0.1, -0.05) is 12.1 Å². The molecule has 1 N–H and O–H groups in total. The first kappa shape index (κ1) is 12.9. The SMILES string of the molecule is COCOc1ccc(C2=CCNCC2)cc1OC. The zero-order chi connectivity index (χ0) is 12.8. The van der Waals surface area contributed by atoms with Gasteiger partial charge in [-0.25, -0.2) is 0 Å². The Kier molecular flexibility index (Phi) is 4.61. The Morgan fingerprint density at radius 3 is 2.78 bits per heavy atom. The van der Waals surface area contributed by atoms with Crippen LogP contribution < -0.4 is 14.8 Å². The van der Waals surface area contributed by atoms with Crippen molar-refractivity contribution in [1.29, 1.82) is 0 Å². The van der Waals surface area contributed by atoms with Crippen molar-refractivity contribution < 1.29 is 14.2 Å². The summed E-state index contributed by atoms with van der Waals surface area (Å²) in [6.45, 7) is 2.18. The summed E-state index contributed by atoms with van der Waals surface area (Å²) < 4.78 is 15.7. The Hall–Kier alpha value is -1.52. The third-order valence-corrected chi connectivity index (χ3v) is 2.93. The number of hydrogen-bond donors (Lipinski definition) is 1. The van der Waals surface area contributed by atoms with Gasteiger partial charge in [0.2, 0.25) is 0 Å². The largest absolute Gasteiger partial charge is 0.493 e. The number of ether oxygens (including phenoxy) is 3. The lowest BCUT2D eigenvalue weighted by molar-refractivity contribution is 0.0491. The number of benzene rings is 1. The molecule has 0 aromatic heterocycles. The zero-order valence-corrected chi connectivity index (χ0v) is 10.9. The van der Waals surface area contributed by atoms with Crippen molar-refractivity contribution in [3.8, 4) is 11.5 Å². The molecule has 1 aromatic carbocycles. The molecule has 2 rings (SSSR count). The van der Waals surface area contributed by atoms with Crippen LogP contribution in [0.5, 0.6) is 11.5 Å². The molecule has 1 aliphatic heterocycles. The van der Waals surface area contributed by atoms with E-state index < -0.39 is 0 Å². The lowest BCUT2D eigenvalue weighted by Gasteiger charge is -2.16. The molecule has 18 heavy (non-hydrogen) atoms. The first-order chi connectivity index (χ1) is 8.85. The molecule has 0 unspecified atom stereocenters. The first-order valence-electron chi connectivity index (χ1n) is 6.05. The molecule has 1 heterocycles. The molecule has 0 amide bonds. The Bertz CT molecular complexity index is 429. The minimum atomic E-state index is 0.225. The second kappa shape index (κ2) is 6.42. The molecule has 1 aliphatic rings. The van der Waals surface area contributed by atoms with Crippen molar-refractivity contribution in [3.05, 3.63) is 29.8 Å². The van der Waals surface area contributed by atoms with Crippen molar-refractivity contribution in [2.24, 2.45) is 0 Å². The first-order valence-corrected chi connectivity index (χ1v) is 6.05. The average Bonchev–Trinajstić information content (AvgIpc) is 2.46. The van der Waals surface area contributed by atoms with Gasteiger partial charge in [-0.15, -0.1) is 0 Å². The second-order valence-electron chi connectivity index (χ2n) is 4.10. The highest BCUT2D eigenvalue weighted by Gasteiger charge is 2.10. The number of rotatable bonds is 5. The van der Waals surface area contributed by atoms with Crippen LogP contribution in [-0.4, -0.2) is 34.1 Å². The molecule has 0 saturated carbocycles. The Morgan fingerprint density at radius 1 is 1.22 bits per heavy atom. The van der Waals surface area contributed by atoms with Gasteiger partial charge in [0.15, 0.2) is 18.3 Å². The highest BCUT2D eigenvalue weighted by Crippen LogP contribution is 2.31. The lowest BCUT2D eigenvalue weighted by Crippen LogP contribution is -2.20. The van der Waals surface area contributed by atoms with E-state index in [0.29, 0.717) is 5.75 Å². The lowest BCUT2D eigenvalue weighted by atomic mass is 10.00. The fourth-order valence-corrected chi connectivity index (χ4v) is 1.99. The third-order valence-electron chi connectivity index (χ3n) is 2.93. The van der Waals surface area contributed by atoms with Crippen LogP contribution in [0.1, 0.15) is 12.0 Å². The molecule has 0 atom stereocenters. The van der Waals surface area contributed by atoms with E-state index in [1.807, 2.05) is 12.1 Å². The van der Waals surface area contributed by atoms with E-state index in [9.17, 15) is 0 Å². The minimum Gasteiger partial charge on any atom is -0.493 e. The fraction of sp³-hybridized carbons (Fsp3) is 0.429. The van der Waals surface area contributed by atoms with Gasteiger partial charge in [0.1, 0.15) is 0 Å². The summed E-state index contributed by atoms with van der Waals surface area (Å²) in [5.41, 5.74) is 2.54. The van der Waals surface area contributed by atoms with Crippen molar-refractivity contribution >= 4 is 5.57 Å². The van der Waals surface area contributed by atoms with E-state index in [-0.39, 0.29) is 6.79 Å². The van der Waals surface area contributed by atoms with Gasteiger partial charge in [-0.2, -0.15) is 0 Å². The van der Waals surface area contributed by atoms with Gasteiger partial charge < -0.3 is 19.5 Å². The molecule has 0 bridgehead atoms. The van der Waals surface area contributed by atoms with E-state index in [2.05, 4.69) is 17.5 Å². The molecule has 4 heteroatoms. The van der Waals surface area contributed by atoms with Gasteiger partial charge >= 0.3 is 0 Å². The standard InChI is InChI=1S/C14H19NO3/c1-16-10-18-13-4-3-12(9-14(13)17-2)11-5-7-15-8-6-11/h3-5,9,15H,6-8,10H2,1-2H3. The summed E-state index contributed by atoms with van der Waals surface area (Å²) in [5, 5.41) is 3.30. The topological polar surface area (TPSA) is 39.7 Å². The summed E-state index contributed by atoms with van der Waals surface area (Å²) in [6, 6.07) is 6.00. The monoisotopic (exact) mass is 249 g/mol. The molecule has 0 spiro atoms. The van der Waals surface area contributed by atoms with E-state index in [1.165, 1.54) is 11.1 Å². The van der Waals surface area contributed by atoms with Gasteiger partial charge in [0, 0.05) is 13.7 Å². The third kappa shape index (κ3) is 3.03. The van der Waals surface area contributed by atoms with E-state index in [4.69, 9.17) is 14.2 Å². The van der Waals surface area contributed by atoms with Crippen LogP contribution in [0.2, 0.25) is 0 Å². The normalized spacial score (nSPS) is 15.1. The van der Waals surface area contributed by atoms with E-state index >= 15 is 0 Å². The summed E-state index contributed by atoms with van der Waals surface area (Å²) in [4.78, 5) is 0. The van der Waals surface area contributed by atoms with Crippen LogP contribution in [0.3, 0.4) is 0 Å². The predicted molar refractivity (Wildman–Crippen MR) is 71.0 cm³/mol. The molecule has 0 fully saturated rings. The highest BCUT2D eigenvalue weighted by molar-refractivity contribution is 5.69. The van der Waals surface area contributed by atoms with Gasteiger partial charge in [0.25, 0.3) is 0 Å². The quantitative estimate of drug-likeness (QED) is 0.811. The Labute approximate surface area is 108 Å². The van der Waals surface area contributed by atoms with Crippen LogP contribution in [0.15, 0.2) is 24.3 Å². The molecule has 1 aromatic rings. The fourth-order valence-electron chi connectivity index (χ4n) is 1.99. The summed E-state index contributed by atoms with van der Waals surface area (Å²) in [7, 11) is 3.25. The van der Waals surface area contributed by atoms with Crippen molar-refractivity contribution in [2.75, 3.05) is 34.1 Å². The van der Waals surface area contributed by atoms with Crippen molar-refractivity contribution in [1.82, 2.24) is 5.32 Å². The summed E-state index contributed by atoms with van der Waals surface area (Å²) in [6.07, 6.45) is 3.26. The molecule has 0 saturated heterocycles. The van der Waals surface area contributed by atoms with Crippen LogP contribution in [-0.2, 0) is 4.74 Å². The van der Waals surface area contributed by atoms with E-state index in [0.717, 1.165) is 25.3 Å². The van der Waals surface area contributed by atoms with Gasteiger partial charge in [-0.3, -0.25) is 0 Å². The maximum absolute atomic E-state index is 5.44. The number of methoxy groups -OCH3 is 2. The average molecular weight is 249 g/mol. The minimum absolute atomic E-state index is 0.225.